The Balaban J connectivity index is 0.000000183. The van der Waals surface area contributed by atoms with Crippen LogP contribution < -0.4 is 25.3 Å². The van der Waals surface area contributed by atoms with Crippen LogP contribution in [0.3, 0.4) is 0 Å². The van der Waals surface area contributed by atoms with Crippen LogP contribution in [0, 0.1) is 34.0 Å². The maximum absolute atomic E-state index is 9.74. The molecule has 3 aromatic heterocycles. The number of ether oxygens (including phenoxy) is 3. The second kappa shape index (κ2) is 36.2. The van der Waals surface area contributed by atoms with Gasteiger partial charge in [-0.25, -0.2) is 15.0 Å². The van der Waals surface area contributed by atoms with Crippen LogP contribution in [0.4, 0.5) is 0 Å². The Morgan fingerprint density at radius 3 is 1.19 bits per heavy atom. The summed E-state index contributed by atoms with van der Waals surface area (Å²) in [6.07, 6.45) is 6.03. The molecule has 0 amide bonds. The highest BCUT2D eigenvalue weighted by Gasteiger charge is 2.41. The Morgan fingerprint density at radius 1 is 0.468 bits per heavy atom. The third-order valence-corrected chi connectivity index (χ3v) is 38.4. The highest BCUT2D eigenvalue weighted by Crippen LogP contribution is 2.45. The molecule has 588 valence electrons. The van der Waals surface area contributed by atoms with Gasteiger partial charge in [-0.15, -0.1) is 0 Å². The van der Waals surface area contributed by atoms with Gasteiger partial charge in [-0.05, 0) is 257 Å². The molecule has 9 aromatic rings. The summed E-state index contributed by atoms with van der Waals surface area (Å²) in [6.45, 7) is 51.1. The SMILES string of the molecule is CC(C)Oc1ccc(-c2nc(-c3cccc4c3CC[C@@H]4N(CCO[Si](C)(C)C(C)(C)C)CCO[Si](C)(C)C(C)(C)C)ns2)cc1C#N.CC(C)Oc1ccc(-c2nc(-c3cccc4c3CC[C@@H]4N)ns2)cc1C#N.CC(C)Oc1ccc(-c2nc(-c3cccc4c3CC[C@@H]4NCCO[Si](C)(C)C(C)(C)C)ns2)cc1C#N. The van der Waals surface area contributed by atoms with E-state index in [0.29, 0.717) is 46.0 Å². The van der Waals surface area contributed by atoms with Gasteiger partial charge in [0.25, 0.3) is 0 Å². The van der Waals surface area contributed by atoms with Gasteiger partial charge in [0.05, 0.1) is 35.0 Å². The van der Waals surface area contributed by atoms with Gasteiger partial charge in [-0.1, -0.05) is 117 Å². The predicted molar refractivity (Wildman–Crippen MR) is 460 cm³/mol. The lowest BCUT2D eigenvalue weighted by Crippen LogP contribution is -2.45. The van der Waals surface area contributed by atoms with Crippen molar-refractivity contribution in [1.82, 2.24) is 38.3 Å². The molecule has 3 aliphatic carbocycles. The lowest BCUT2D eigenvalue weighted by atomic mass is 10.0. The predicted octanol–water partition coefficient (Wildman–Crippen LogP) is 21.5. The lowest BCUT2D eigenvalue weighted by molar-refractivity contribution is 0.125. The van der Waals surface area contributed by atoms with E-state index in [2.05, 4.69) is 183 Å². The van der Waals surface area contributed by atoms with Crippen LogP contribution in [0.1, 0.15) is 191 Å². The van der Waals surface area contributed by atoms with E-state index >= 15 is 0 Å². The van der Waals surface area contributed by atoms with E-state index < -0.39 is 25.0 Å². The summed E-state index contributed by atoms with van der Waals surface area (Å²) >= 11 is 4.08. The van der Waals surface area contributed by atoms with Crippen LogP contribution in [0.15, 0.2) is 109 Å². The number of nitrogens with two attached hydrogens (primary N) is 1. The number of hydrogen-bond acceptors (Lipinski definition) is 21. The topological polar surface area (TPSA) is 245 Å². The average Bonchev–Trinajstić information content (AvgIpc) is 1.64. The number of nitriles is 3. The van der Waals surface area contributed by atoms with Gasteiger partial charge < -0.3 is 38.5 Å². The number of benzene rings is 6. The molecule has 0 spiro atoms. The van der Waals surface area contributed by atoms with Gasteiger partial charge in [0, 0.05) is 91.0 Å². The van der Waals surface area contributed by atoms with E-state index in [-0.39, 0.29) is 39.5 Å². The molecule has 0 saturated heterocycles. The standard InChI is InChI=1S/C37H56N4O3SSi2.C29H38N4O2SSi.C21H20N4OS/c1-26(2)44-33-19-16-27(24-28(33)25-38)35-39-34(40-45-35)31-15-13-14-30-29(31)17-18-32(30)41(20-22-42-46(9,10)36(3,4)5)21-23-43-47(11,12)37(6,7)8;1-19(2)35-26-14-11-20(17-21(26)18-30)28-32-27(33-36-28)24-10-8-9-23-22(24)12-13-25(23)31-15-16-34-37(6,7)29(3,4)5;1-12(2)26-19-9-6-13(10-14(19)11-22)21-24-20(25-27-21)17-5-3-4-16-15(17)7-8-18(16)23/h13-16,19,24,26,32H,17-18,20-23H2,1-12H3;8-11,14,17,19,25,31H,12-13,15-16H2,1-7H3;3-6,9-10,12,18H,7-8,23H2,1-2H3/t32-;25-;18-/m000/s1. The molecule has 3 atom stereocenters. The fourth-order valence-corrected chi connectivity index (χ4v) is 18.4. The Kier molecular flexibility index (Phi) is 27.9. The van der Waals surface area contributed by atoms with Crippen LogP contribution in [-0.4, -0.2) is 116 Å². The number of aromatic nitrogens is 6. The van der Waals surface area contributed by atoms with E-state index in [0.717, 1.165) is 144 Å². The third-order valence-electron chi connectivity index (χ3n) is 22.5. The summed E-state index contributed by atoms with van der Waals surface area (Å²) in [6, 6.07) is 43.5. The zero-order chi connectivity index (χ0) is 80.5. The zero-order valence-corrected chi connectivity index (χ0v) is 74.5. The monoisotopic (exact) mass is 1600 g/mol. The molecule has 0 unspecified atom stereocenters. The summed E-state index contributed by atoms with van der Waals surface area (Å²) < 4.78 is 51.0. The molecule has 0 saturated carbocycles. The minimum atomic E-state index is -1.86. The van der Waals surface area contributed by atoms with Gasteiger partial charge in [0.2, 0.25) is 0 Å². The summed E-state index contributed by atoms with van der Waals surface area (Å²) in [7, 11) is -5.44. The Bertz CT molecular complexity index is 4800. The molecular weight excluding hydrogens is 1490 g/mol. The molecule has 3 N–H and O–H groups in total. The minimum Gasteiger partial charge on any atom is -0.490 e. The van der Waals surface area contributed by atoms with E-state index in [1.54, 1.807) is 0 Å². The van der Waals surface area contributed by atoms with Crippen LogP contribution >= 0.6 is 34.6 Å². The second-order valence-corrected chi connectivity index (χ2v) is 51.1. The average molecular weight is 1600 g/mol. The molecule has 6 aromatic carbocycles. The smallest absolute Gasteiger partial charge is 0.192 e. The van der Waals surface area contributed by atoms with E-state index in [9.17, 15) is 15.8 Å². The first-order valence-electron chi connectivity index (χ1n) is 39.1. The normalized spacial score (nSPS) is 15.6. The summed E-state index contributed by atoms with van der Waals surface area (Å²) in [5, 5.41) is 35.5. The summed E-state index contributed by atoms with van der Waals surface area (Å²) in [5.41, 5.74) is 21.4. The highest BCUT2D eigenvalue weighted by molar-refractivity contribution is 7.10. The quantitative estimate of drug-likeness (QED) is 0.0378. The number of nitrogens with one attached hydrogen (secondary N) is 1. The number of rotatable bonds is 26. The minimum absolute atomic E-state index is 0.00423. The molecule has 3 heterocycles. The maximum Gasteiger partial charge on any atom is 0.192 e. The molecule has 24 heteroatoms. The number of nitrogens with zero attached hydrogens (tertiary/aromatic N) is 10. The molecule has 0 aliphatic heterocycles. The van der Waals surface area contributed by atoms with Crippen molar-refractivity contribution in [2.24, 2.45) is 5.73 Å². The van der Waals surface area contributed by atoms with Crippen molar-refractivity contribution in [3.05, 3.63) is 159 Å². The van der Waals surface area contributed by atoms with Gasteiger partial charge in [0.1, 0.15) is 50.5 Å². The first-order chi connectivity index (χ1) is 52.4. The van der Waals surface area contributed by atoms with Crippen molar-refractivity contribution >= 4 is 59.5 Å². The van der Waals surface area contributed by atoms with E-state index in [4.69, 9.17) is 56.9 Å². The van der Waals surface area contributed by atoms with Crippen molar-refractivity contribution in [2.45, 2.75) is 233 Å². The Labute approximate surface area is 675 Å². The lowest BCUT2D eigenvalue weighted by Gasteiger charge is -2.39. The molecule has 111 heavy (non-hydrogen) atoms. The van der Waals surface area contributed by atoms with Crippen molar-refractivity contribution in [3.8, 4) is 101 Å². The fourth-order valence-electron chi connectivity index (χ4n) is 13.3. The molecule has 0 bridgehead atoms. The van der Waals surface area contributed by atoms with E-state index in [1.807, 2.05) is 102 Å². The first kappa shape index (κ1) is 85.7. The van der Waals surface area contributed by atoms with Crippen molar-refractivity contribution in [2.75, 3.05) is 39.5 Å². The molecule has 3 aliphatic rings. The van der Waals surface area contributed by atoms with Crippen LogP contribution in [0.25, 0.3) is 65.9 Å². The molecular formula is C87H114N12O6S3Si3. The second-order valence-electron chi connectivity index (χ2n) is 34.5. The van der Waals surface area contributed by atoms with Crippen LogP contribution in [0.5, 0.6) is 17.2 Å². The van der Waals surface area contributed by atoms with Crippen molar-refractivity contribution < 1.29 is 27.5 Å². The van der Waals surface area contributed by atoms with Gasteiger partial charge in [-0.3, -0.25) is 4.90 Å². The Hall–Kier alpha value is -7.72. The van der Waals surface area contributed by atoms with Crippen LogP contribution in [-0.2, 0) is 32.5 Å². The van der Waals surface area contributed by atoms with Crippen molar-refractivity contribution in [1.29, 1.82) is 15.8 Å². The third kappa shape index (κ3) is 20.8. The Morgan fingerprint density at radius 2 is 0.811 bits per heavy atom. The van der Waals surface area contributed by atoms with Gasteiger partial charge in [-0.2, -0.15) is 28.9 Å². The zero-order valence-electron chi connectivity index (χ0n) is 69.1. The highest BCUT2D eigenvalue weighted by atomic mass is 32.1. The fraction of sp³-hybridized carbons (Fsp3) is 0.483. The van der Waals surface area contributed by atoms with Crippen LogP contribution in [0.2, 0.25) is 54.4 Å². The number of fused-ring (bicyclic) bond motifs is 3. The molecule has 0 fully saturated rings. The van der Waals surface area contributed by atoms with Crippen molar-refractivity contribution in [3.63, 3.8) is 0 Å². The summed E-state index contributed by atoms with van der Waals surface area (Å²) in [5.74, 6) is 4.01. The van der Waals surface area contributed by atoms with Gasteiger partial charge in [0.15, 0.2) is 42.4 Å². The first-order valence-corrected chi connectivity index (χ1v) is 50.1. The maximum atomic E-state index is 9.74. The largest absolute Gasteiger partial charge is 0.490 e. The number of hydrogen-bond donors (Lipinski definition) is 2. The summed E-state index contributed by atoms with van der Waals surface area (Å²) in [4.78, 5) is 17.2. The molecule has 0 radical (unpaired) electrons. The molecule has 18 nitrogen and oxygen atoms in total. The van der Waals surface area contributed by atoms with Gasteiger partial charge >= 0.3 is 0 Å². The molecule has 12 rings (SSSR count). The van der Waals surface area contributed by atoms with E-state index in [1.165, 1.54) is 68.0 Å².